The van der Waals surface area contributed by atoms with E-state index >= 15 is 0 Å². The van der Waals surface area contributed by atoms with Gasteiger partial charge in [0, 0.05) is 24.8 Å². The summed E-state index contributed by atoms with van der Waals surface area (Å²) in [4.78, 5) is 0. The van der Waals surface area contributed by atoms with Gasteiger partial charge in [0.15, 0.2) is 0 Å². The second-order valence-electron chi connectivity index (χ2n) is 3.63. The van der Waals surface area contributed by atoms with Gasteiger partial charge in [0.25, 0.3) is 0 Å². The maximum atomic E-state index is 12.7. The van der Waals surface area contributed by atoms with Crippen molar-refractivity contribution < 1.29 is 4.39 Å². The van der Waals surface area contributed by atoms with E-state index in [1.54, 1.807) is 16.8 Å². The molecule has 0 amide bonds. The van der Waals surface area contributed by atoms with Gasteiger partial charge in [-0.3, -0.25) is 0 Å². The molecule has 0 fully saturated rings. The number of hydrogen-bond acceptors (Lipinski definition) is 2. The van der Waals surface area contributed by atoms with E-state index in [4.69, 9.17) is 0 Å². The topological polar surface area (TPSA) is 29.9 Å². The average Bonchev–Trinajstić information content (AvgIpc) is 2.78. The fourth-order valence-electron chi connectivity index (χ4n) is 1.78. The normalized spacial score (nSPS) is 14.2. The number of halogens is 1. The number of nitrogens with zero attached hydrogens (tertiary/aromatic N) is 2. The van der Waals surface area contributed by atoms with Crippen LogP contribution in [0.1, 0.15) is 11.3 Å². The molecule has 1 aromatic heterocycles. The minimum atomic E-state index is -0.222. The van der Waals surface area contributed by atoms with E-state index < -0.39 is 0 Å². The van der Waals surface area contributed by atoms with Gasteiger partial charge in [-0.1, -0.05) is 0 Å². The Bertz CT molecular complexity index is 466. The number of hydrogen-bond donors (Lipinski definition) is 1. The van der Waals surface area contributed by atoms with Gasteiger partial charge in [-0.15, -0.1) is 0 Å². The first-order valence-corrected chi connectivity index (χ1v) is 4.87. The van der Waals surface area contributed by atoms with Crippen molar-refractivity contribution in [1.29, 1.82) is 0 Å². The molecule has 0 saturated heterocycles. The molecule has 15 heavy (non-hydrogen) atoms. The highest BCUT2D eigenvalue weighted by Gasteiger charge is 2.14. The van der Waals surface area contributed by atoms with Gasteiger partial charge < -0.3 is 5.32 Å². The summed E-state index contributed by atoms with van der Waals surface area (Å²) in [5, 5.41) is 7.64. The first-order chi connectivity index (χ1) is 7.33. The summed E-state index contributed by atoms with van der Waals surface area (Å²) in [6.45, 7) is 1.69. The molecule has 0 atom stereocenters. The molecule has 1 N–H and O–H groups in total. The van der Waals surface area contributed by atoms with Gasteiger partial charge in [0.1, 0.15) is 5.82 Å². The lowest BCUT2D eigenvalue weighted by atomic mass is 10.3. The van der Waals surface area contributed by atoms with Crippen LogP contribution in [0.2, 0.25) is 0 Å². The molecule has 1 aliphatic rings. The van der Waals surface area contributed by atoms with Crippen LogP contribution < -0.4 is 5.32 Å². The van der Waals surface area contributed by atoms with E-state index in [1.807, 2.05) is 6.20 Å². The second kappa shape index (κ2) is 3.17. The van der Waals surface area contributed by atoms with Crippen LogP contribution in [0.3, 0.4) is 0 Å². The number of rotatable bonds is 1. The van der Waals surface area contributed by atoms with Crippen LogP contribution in [0.25, 0.3) is 5.69 Å². The number of nitrogens with one attached hydrogen (secondary N) is 1. The zero-order valence-electron chi connectivity index (χ0n) is 8.07. The van der Waals surface area contributed by atoms with Gasteiger partial charge in [-0.2, -0.15) is 5.10 Å². The Balaban J connectivity index is 2.02. The highest BCUT2D eigenvalue weighted by molar-refractivity contribution is 5.34. The van der Waals surface area contributed by atoms with Crippen LogP contribution in [-0.2, 0) is 13.1 Å². The van der Waals surface area contributed by atoms with Crippen molar-refractivity contribution in [1.82, 2.24) is 15.1 Å². The molecular formula is C11H10FN3. The molecule has 0 saturated carbocycles. The zero-order chi connectivity index (χ0) is 10.3. The lowest BCUT2D eigenvalue weighted by Gasteiger charge is -2.01. The molecule has 4 heteroatoms. The fraction of sp³-hybridized carbons (Fsp3) is 0.182. The Kier molecular flexibility index (Phi) is 1.82. The molecule has 2 heterocycles. The Hall–Kier alpha value is -1.68. The molecule has 2 aromatic rings. The molecule has 0 unspecified atom stereocenters. The first-order valence-electron chi connectivity index (χ1n) is 4.87. The van der Waals surface area contributed by atoms with E-state index in [-0.39, 0.29) is 5.82 Å². The Morgan fingerprint density at radius 2 is 2.00 bits per heavy atom. The quantitative estimate of drug-likeness (QED) is 0.763. The van der Waals surface area contributed by atoms with E-state index in [2.05, 4.69) is 10.4 Å². The Morgan fingerprint density at radius 1 is 1.20 bits per heavy atom. The summed E-state index contributed by atoms with van der Waals surface area (Å²) < 4.78 is 14.5. The minimum absolute atomic E-state index is 0.222. The molecule has 3 nitrogen and oxygen atoms in total. The van der Waals surface area contributed by atoms with Crippen LogP contribution in [-0.4, -0.2) is 9.78 Å². The molecule has 0 spiro atoms. The van der Waals surface area contributed by atoms with Crippen LogP contribution >= 0.6 is 0 Å². The molecule has 0 aliphatic carbocycles. The molecule has 3 rings (SSSR count). The SMILES string of the molecule is Fc1ccc(-n2cc3c(n2)CNC3)cc1. The molecular weight excluding hydrogens is 193 g/mol. The molecule has 1 aromatic carbocycles. The summed E-state index contributed by atoms with van der Waals surface area (Å²) >= 11 is 0. The summed E-state index contributed by atoms with van der Waals surface area (Å²) in [5.74, 6) is -0.222. The standard InChI is InChI=1S/C11H10FN3/c12-9-1-3-10(4-2-9)15-7-8-5-13-6-11(8)14-15/h1-4,7,13H,5-6H2. The van der Waals surface area contributed by atoms with Crippen molar-refractivity contribution in [2.24, 2.45) is 0 Å². The van der Waals surface area contributed by atoms with E-state index in [0.29, 0.717) is 0 Å². The lowest BCUT2D eigenvalue weighted by Crippen LogP contribution is -2.05. The van der Waals surface area contributed by atoms with Crippen molar-refractivity contribution in [2.75, 3.05) is 0 Å². The number of benzene rings is 1. The van der Waals surface area contributed by atoms with Crippen molar-refractivity contribution in [3.8, 4) is 5.69 Å². The van der Waals surface area contributed by atoms with Crippen LogP contribution in [0.15, 0.2) is 30.5 Å². The zero-order valence-corrected chi connectivity index (χ0v) is 8.07. The monoisotopic (exact) mass is 203 g/mol. The average molecular weight is 203 g/mol. The predicted molar refractivity (Wildman–Crippen MR) is 54.1 cm³/mol. The minimum Gasteiger partial charge on any atom is -0.307 e. The van der Waals surface area contributed by atoms with E-state index in [9.17, 15) is 4.39 Å². The van der Waals surface area contributed by atoms with Gasteiger partial charge in [-0.05, 0) is 24.3 Å². The van der Waals surface area contributed by atoms with Crippen LogP contribution in [0, 0.1) is 5.82 Å². The number of aromatic nitrogens is 2. The molecule has 1 aliphatic heterocycles. The maximum absolute atomic E-state index is 12.7. The van der Waals surface area contributed by atoms with Gasteiger partial charge >= 0.3 is 0 Å². The molecule has 76 valence electrons. The maximum Gasteiger partial charge on any atom is 0.123 e. The highest BCUT2D eigenvalue weighted by Crippen LogP contribution is 2.16. The third-order valence-electron chi connectivity index (χ3n) is 2.58. The van der Waals surface area contributed by atoms with Crippen LogP contribution in [0.5, 0.6) is 0 Å². The van der Waals surface area contributed by atoms with Gasteiger partial charge in [-0.25, -0.2) is 9.07 Å². The fourth-order valence-corrected chi connectivity index (χ4v) is 1.78. The molecule has 0 bridgehead atoms. The largest absolute Gasteiger partial charge is 0.307 e. The van der Waals surface area contributed by atoms with Crippen molar-refractivity contribution in [3.63, 3.8) is 0 Å². The third-order valence-corrected chi connectivity index (χ3v) is 2.58. The predicted octanol–water partition coefficient (Wildman–Crippen LogP) is 1.61. The molecule has 0 radical (unpaired) electrons. The van der Waals surface area contributed by atoms with Gasteiger partial charge in [0.05, 0.1) is 11.4 Å². The van der Waals surface area contributed by atoms with Crippen molar-refractivity contribution in [2.45, 2.75) is 13.1 Å². The van der Waals surface area contributed by atoms with Crippen LogP contribution in [0.4, 0.5) is 4.39 Å². The van der Waals surface area contributed by atoms with Gasteiger partial charge in [0.2, 0.25) is 0 Å². The Labute approximate surface area is 86.5 Å². The summed E-state index contributed by atoms with van der Waals surface area (Å²) in [7, 11) is 0. The second-order valence-corrected chi connectivity index (χ2v) is 3.63. The highest BCUT2D eigenvalue weighted by atomic mass is 19.1. The lowest BCUT2D eigenvalue weighted by molar-refractivity contribution is 0.626. The van der Waals surface area contributed by atoms with Crippen molar-refractivity contribution in [3.05, 3.63) is 47.5 Å². The van der Waals surface area contributed by atoms with E-state index in [0.717, 1.165) is 24.5 Å². The summed E-state index contributed by atoms with van der Waals surface area (Å²) in [6, 6.07) is 6.34. The first kappa shape index (κ1) is 8.61. The summed E-state index contributed by atoms with van der Waals surface area (Å²) in [5.41, 5.74) is 3.20. The smallest absolute Gasteiger partial charge is 0.123 e. The third kappa shape index (κ3) is 1.43. The Morgan fingerprint density at radius 3 is 2.73 bits per heavy atom. The summed E-state index contributed by atoms with van der Waals surface area (Å²) in [6.07, 6.45) is 1.99. The van der Waals surface area contributed by atoms with E-state index in [1.165, 1.54) is 17.7 Å². The van der Waals surface area contributed by atoms with Crippen molar-refractivity contribution >= 4 is 0 Å². The number of fused-ring (bicyclic) bond motifs is 1.